The van der Waals surface area contributed by atoms with Crippen molar-refractivity contribution in [3.05, 3.63) is 35.4 Å². The van der Waals surface area contributed by atoms with E-state index in [1.54, 1.807) is 19.1 Å². The van der Waals surface area contributed by atoms with E-state index < -0.39 is 0 Å². The van der Waals surface area contributed by atoms with Crippen LogP contribution in [0, 0.1) is 6.92 Å². The van der Waals surface area contributed by atoms with Gasteiger partial charge in [-0.25, -0.2) is 0 Å². The molecule has 0 atom stereocenters. The molecule has 0 saturated carbocycles. The molecule has 0 spiro atoms. The van der Waals surface area contributed by atoms with E-state index >= 15 is 0 Å². The molecule has 0 aliphatic rings. The number of amides is 2. The fourth-order valence-corrected chi connectivity index (χ4v) is 2.01. The second-order valence-electron chi connectivity index (χ2n) is 5.63. The van der Waals surface area contributed by atoms with Gasteiger partial charge < -0.3 is 15.4 Å². The lowest BCUT2D eigenvalue weighted by atomic mass is 10.1. The van der Waals surface area contributed by atoms with Crippen molar-refractivity contribution < 1.29 is 14.3 Å². The summed E-state index contributed by atoms with van der Waals surface area (Å²) in [4.78, 5) is 25.2. The number of likely N-dealkylation sites (N-methyl/N-ethyl adjacent to an activating group) is 1. The molecule has 0 aliphatic heterocycles. The molecule has 0 unspecified atom stereocenters. The molecule has 1 aromatic carbocycles. The van der Waals surface area contributed by atoms with Gasteiger partial charge in [0.15, 0.2) is 0 Å². The largest absolute Gasteiger partial charge is 0.385 e. The van der Waals surface area contributed by atoms with Gasteiger partial charge in [0.2, 0.25) is 11.8 Å². The molecule has 23 heavy (non-hydrogen) atoms. The topological polar surface area (TPSA) is 70.7 Å². The summed E-state index contributed by atoms with van der Waals surface area (Å²) in [5, 5.41) is 5.65. The first-order valence-corrected chi connectivity index (χ1v) is 7.77. The standard InChI is InChI=1S/C17H27N3O3/c1-14-5-7-15(8-6-14)11-19-17(22)13-20(2)12-16(21)18-9-4-10-23-3/h5-8H,4,9-13H2,1-3H3,(H,18,21)(H,19,22). The molecule has 1 aromatic rings. The van der Waals surface area contributed by atoms with Crippen molar-refractivity contribution in [3.8, 4) is 0 Å². The monoisotopic (exact) mass is 321 g/mol. The molecule has 6 nitrogen and oxygen atoms in total. The lowest BCUT2D eigenvalue weighted by Crippen LogP contribution is -2.41. The third kappa shape index (κ3) is 8.95. The molecule has 0 aliphatic carbocycles. The highest BCUT2D eigenvalue weighted by molar-refractivity contribution is 5.81. The molecule has 0 bridgehead atoms. The van der Waals surface area contributed by atoms with E-state index in [9.17, 15) is 9.59 Å². The number of aryl methyl sites for hydroxylation is 1. The van der Waals surface area contributed by atoms with E-state index in [1.165, 1.54) is 5.56 Å². The highest BCUT2D eigenvalue weighted by Crippen LogP contribution is 2.02. The minimum Gasteiger partial charge on any atom is -0.385 e. The predicted molar refractivity (Wildman–Crippen MR) is 90.0 cm³/mol. The Balaban J connectivity index is 2.19. The van der Waals surface area contributed by atoms with Gasteiger partial charge in [0.1, 0.15) is 0 Å². The maximum Gasteiger partial charge on any atom is 0.234 e. The molecule has 1 rings (SSSR count). The minimum absolute atomic E-state index is 0.0880. The molecule has 2 amide bonds. The third-order valence-electron chi connectivity index (χ3n) is 3.28. The van der Waals surface area contributed by atoms with E-state index in [0.717, 1.165) is 12.0 Å². The molecular formula is C17H27N3O3. The van der Waals surface area contributed by atoms with E-state index in [2.05, 4.69) is 10.6 Å². The number of hydrogen-bond acceptors (Lipinski definition) is 4. The summed E-state index contributed by atoms with van der Waals surface area (Å²) < 4.78 is 4.91. The van der Waals surface area contributed by atoms with Gasteiger partial charge in [-0.2, -0.15) is 0 Å². The Hall–Kier alpha value is -1.92. The van der Waals surface area contributed by atoms with Crippen LogP contribution in [-0.4, -0.2) is 57.1 Å². The Labute approximate surface area is 138 Å². The molecule has 0 radical (unpaired) electrons. The van der Waals surface area contributed by atoms with Crippen molar-refractivity contribution in [1.29, 1.82) is 0 Å². The van der Waals surface area contributed by atoms with Crippen molar-refractivity contribution in [1.82, 2.24) is 15.5 Å². The molecule has 6 heteroatoms. The summed E-state index contributed by atoms with van der Waals surface area (Å²) in [5.74, 6) is -0.185. The summed E-state index contributed by atoms with van der Waals surface area (Å²) in [7, 11) is 3.38. The van der Waals surface area contributed by atoms with Gasteiger partial charge in [0.25, 0.3) is 0 Å². The molecule has 128 valence electrons. The zero-order valence-corrected chi connectivity index (χ0v) is 14.2. The van der Waals surface area contributed by atoms with Gasteiger partial charge in [-0.3, -0.25) is 14.5 Å². The van der Waals surface area contributed by atoms with Crippen LogP contribution in [0.2, 0.25) is 0 Å². The fourth-order valence-electron chi connectivity index (χ4n) is 2.01. The van der Waals surface area contributed by atoms with Crippen LogP contribution in [0.4, 0.5) is 0 Å². The smallest absolute Gasteiger partial charge is 0.234 e. The van der Waals surface area contributed by atoms with Crippen LogP contribution < -0.4 is 10.6 Å². The normalized spacial score (nSPS) is 10.6. The first-order valence-electron chi connectivity index (χ1n) is 7.77. The number of carbonyl (C=O) groups is 2. The Morgan fingerprint density at radius 1 is 1.09 bits per heavy atom. The fraction of sp³-hybridized carbons (Fsp3) is 0.529. The second-order valence-corrected chi connectivity index (χ2v) is 5.63. The molecule has 0 aromatic heterocycles. The van der Waals surface area contributed by atoms with Gasteiger partial charge in [-0.1, -0.05) is 29.8 Å². The first kappa shape index (κ1) is 19.1. The average molecular weight is 321 g/mol. The minimum atomic E-state index is -0.0970. The summed E-state index contributed by atoms with van der Waals surface area (Å²) in [6, 6.07) is 8.02. The Bertz CT molecular complexity index is 488. The highest BCUT2D eigenvalue weighted by atomic mass is 16.5. The summed E-state index contributed by atoms with van der Waals surface area (Å²) in [5.41, 5.74) is 2.25. The maximum absolute atomic E-state index is 11.9. The third-order valence-corrected chi connectivity index (χ3v) is 3.28. The summed E-state index contributed by atoms with van der Waals surface area (Å²) in [6.07, 6.45) is 0.781. The van der Waals surface area contributed by atoms with Crippen LogP contribution in [0.5, 0.6) is 0 Å². The first-order chi connectivity index (χ1) is 11.0. The Kier molecular flexibility index (Phi) is 8.94. The van der Waals surface area contributed by atoms with Crippen LogP contribution in [0.25, 0.3) is 0 Å². The molecule has 0 heterocycles. The number of hydrogen-bond donors (Lipinski definition) is 2. The van der Waals surface area contributed by atoms with E-state index in [-0.39, 0.29) is 24.9 Å². The molecular weight excluding hydrogens is 294 g/mol. The molecule has 2 N–H and O–H groups in total. The van der Waals surface area contributed by atoms with Gasteiger partial charge >= 0.3 is 0 Å². The molecule has 0 saturated heterocycles. The quantitative estimate of drug-likeness (QED) is 0.622. The SMILES string of the molecule is COCCCNC(=O)CN(C)CC(=O)NCc1ccc(C)cc1. The van der Waals surface area contributed by atoms with Crippen LogP contribution in [0.1, 0.15) is 17.5 Å². The highest BCUT2D eigenvalue weighted by Gasteiger charge is 2.10. The van der Waals surface area contributed by atoms with Crippen LogP contribution in [-0.2, 0) is 20.9 Å². The van der Waals surface area contributed by atoms with Crippen molar-refractivity contribution in [3.63, 3.8) is 0 Å². The maximum atomic E-state index is 11.9. The lowest BCUT2D eigenvalue weighted by Gasteiger charge is -2.16. The lowest BCUT2D eigenvalue weighted by molar-refractivity contribution is -0.124. The summed E-state index contributed by atoms with van der Waals surface area (Å²) >= 11 is 0. The van der Waals surface area contributed by atoms with Gasteiger partial charge in [0.05, 0.1) is 13.1 Å². The van der Waals surface area contributed by atoms with E-state index in [0.29, 0.717) is 19.7 Å². The van der Waals surface area contributed by atoms with Crippen molar-refractivity contribution >= 4 is 11.8 Å². The van der Waals surface area contributed by atoms with Gasteiger partial charge in [-0.05, 0) is 26.0 Å². The average Bonchev–Trinajstić information content (AvgIpc) is 2.51. The van der Waals surface area contributed by atoms with Crippen molar-refractivity contribution in [2.75, 3.05) is 40.4 Å². The van der Waals surface area contributed by atoms with Crippen LogP contribution in [0.15, 0.2) is 24.3 Å². The summed E-state index contributed by atoms with van der Waals surface area (Å²) in [6.45, 7) is 4.12. The number of nitrogens with one attached hydrogen (secondary N) is 2. The Morgan fingerprint density at radius 3 is 2.30 bits per heavy atom. The number of rotatable bonds is 10. The van der Waals surface area contributed by atoms with Crippen molar-refractivity contribution in [2.45, 2.75) is 19.9 Å². The van der Waals surface area contributed by atoms with Crippen LogP contribution >= 0.6 is 0 Å². The Morgan fingerprint density at radius 2 is 1.70 bits per heavy atom. The zero-order valence-electron chi connectivity index (χ0n) is 14.2. The van der Waals surface area contributed by atoms with E-state index in [4.69, 9.17) is 4.74 Å². The predicted octanol–water partition coefficient (Wildman–Crippen LogP) is 0.696. The number of carbonyl (C=O) groups excluding carboxylic acids is 2. The van der Waals surface area contributed by atoms with Crippen LogP contribution in [0.3, 0.4) is 0 Å². The number of methoxy groups -OCH3 is 1. The van der Waals surface area contributed by atoms with Gasteiger partial charge in [-0.15, -0.1) is 0 Å². The van der Waals surface area contributed by atoms with Crippen molar-refractivity contribution in [2.24, 2.45) is 0 Å². The zero-order chi connectivity index (χ0) is 17.1. The number of ether oxygens (including phenoxy) is 1. The molecule has 0 fully saturated rings. The number of benzene rings is 1. The second kappa shape index (κ2) is 10.7. The number of nitrogens with zero attached hydrogens (tertiary/aromatic N) is 1. The van der Waals surface area contributed by atoms with E-state index in [1.807, 2.05) is 31.2 Å². The van der Waals surface area contributed by atoms with Gasteiger partial charge in [0, 0.05) is 26.8 Å².